The number of esters is 1. The van der Waals surface area contributed by atoms with Gasteiger partial charge in [0.25, 0.3) is 0 Å². The Labute approximate surface area is 205 Å². The highest BCUT2D eigenvalue weighted by atomic mass is 79.9. The molecule has 0 N–H and O–H groups in total. The summed E-state index contributed by atoms with van der Waals surface area (Å²) in [4.78, 5) is 28.7. The van der Waals surface area contributed by atoms with Crippen LogP contribution in [0.25, 0.3) is 0 Å². The van der Waals surface area contributed by atoms with Gasteiger partial charge in [-0.15, -0.1) is 6.58 Å². The lowest BCUT2D eigenvalue weighted by Crippen LogP contribution is -2.60. The maximum atomic E-state index is 13.8. The minimum absolute atomic E-state index is 0.0266. The van der Waals surface area contributed by atoms with E-state index in [1.807, 2.05) is 0 Å². The number of halogens is 1. The Bertz CT molecular complexity index is 1140. The fraction of sp³-hybridized carbons (Fsp3) is 0.333. The summed E-state index contributed by atoms with van der Waals surface area (Å²) in [7, 11) is 4.52. The van der Waals surface area contributed by atoms with Crippen molar-refractivity contribution in [3.63, 3.8) is 0 Å². The van der Waals surface area contributed by atoms with Gasteiger partial charge in [0, 0.05) is 29.4 Å². The molecule has 34 heavy (non-hydrogen) atoms. The number of carbonyl (C=O) groups excluding carboxylic acids is 2. The summed E-state index contributed by atoms with van der Waals surface area (Å²) >= 11 is 3.45. The van der Waals surface area contributed by atoms with Gasteiger partial charge < -0.3 is 33.3 Å². The molecule has 0 radical (unpaired) electrons. The highest BCUT2D eigenvalue weighted by molar-refractivity contribution is 9.10. The lowest BCUT2D eigenvalue weighted by atomic mass is 9.83. The van der Waals surface area contributed by atoms with Crippen molar-refractivity contribution in [2.24, 2.45) is 0 Å². The maximum absolute atomic E-state index is 13.8. The van der Waals surface area contributed by atoms with E-state index in [9.17, 15) is 9.59 Å². The number of anilines is 2. The van der Waals surface area contributed by atoms with Crippen molar-refractivity contribution >= 4 is 39.1 Å². The van der Waals surface area contributed by atoms with Crippen LogP contribution in [-0.4, -0.2) is 56.8 Å². The highest BCUT2D eigenvalue weighted by Gasteiger charge is 2.57. The molecule has 0 spiro atoms. The summed E-state index contributed by atoms with van der Waals surface area (Å²) < 4.78 is 31.1. The summed E-state index contributed by atoms with van der Waals surface area (Å²) in [5.74, 6) is 0.875. The first-order valence-electron chi connectivity index (χ1n) is 10.4. The topological polar surface area (TPSA) is 92.8 Å². The van der Waals surface area contributed by atoms with Crippen LogP contribution in [0.3, 0.4) is 0 Å². The number of carbonyl (C=O) groups is 2. The van der Waals surface area contributed by atoms with E-state index < -0.39 is 22.1 Å². The molecule has 10 heteroatoms. The lowest BCUT2D eigenvalue weighted by Gasteiger charge is -2.44. The van der Waals surface area contributed by atoms with E-state index in [0.29, 0.717) is 40.1 Å². The fourth-order valence-corrected chi connectivity index (χ4v) is 4.91. The first-order chi connectivity index (χ1) is 16.3. The second-order valence-corrected chi connectivity index (χ2v) is 8.67. The number of nitrogens with zero attached hydrogens (tertiary/aromatic N) is 1. The van der Waals surface area contributed by atoms with E-state index in [0.717, 1.165) is 0 Å². The van der Waals surface area contributed by atoms with Gasteiger partial charge in [0.15, 0.2) is 28.8 Å². The molecule has 4 rings (SSSR count). The zero-order chi connectivity index (χ0) is 24.6. The van der Waals surface area contributed by atoms with Crippen LogP contribution in [0.4, 0.5) is 11.4 Å². The van der Waals surface area contributed by atoms with Gasteiger partial charge in [0.1, 0.15) is 0 Å². The number of ketones is 1. The minimum Gasteiger partial charge on any atom is -0.493 e. The monoisotopic (exact) mass is 533 g/mol. The molecule has 2 aliphatic rings. The maximum Gasteiger partial charge on any atom is 0.333 e. The van der Waals surface area contributed by atoms with Gasteiger partial charge >= 0.3 is 5.97 Å². The molecule has 0 aliphatic carbocycles. The van der Waals surface area contributed by atoms with Gasteiger partial charge in [0.2, 0.25) is 16.9 Å². The third kappa shape index (κ3) is 3.44. The zero-order valence-electron chi connectivity index (χ0n) is 19.2. The predicted molar refractivity (Wildman–Crippen MR) is 127 cm³/mol. The number of alkyl halides is 1. The molecule has 2 unspecified atom stereocenters. The van der Waals surface area contributed by atoms with Crippen molar-refractivity contribution in [3.8, 4) is 28.7 Å². The van der Waals surface area contributed by atoms with Crippen molar-refractivity contribution in [1.29, 1.82) is 0 Å². The molecule has 2 aromatic rings. The summed E-state index contributed by atoms with van der Waals surface area (Å²) in [6.45, 7) is 5.72. The average Bonchev–Trinajstić information content (AvgIpc) is 3.31. The third-order valence-electron chi connectivity index (χ3n) is 5.73. The number of rotatable bonds is 7. The Balaban J connectivity index is 2.03. The number of methoxy groups -OCH3 is 3. The lowest BCUT2D eigenvalue weighted by molar-refractivity contribution is -0.144. The van der Waals surface area contributed by atoms with Crippen molar-refractivity contribution in [2.75, 3.05) is 39.6 Å². The number of Topliss-reactive ketones (excluding diaryl/α,β-unsaturated/α-hetero) is 1. The molecule has 0 fully saturated rings. The molecule has 2 atom stereocenters. The number of hydrogen-bond donors (Lipinski definition) is 0. The van der Waals surface area contributed by atoms with E-state index in [1.54, 1.807) is 36.1 Å². The second-order valence-electron chi connectivity index (χ2n) is 7.42. The van der Waals surface area contributed by atoms with E-state index in [4.69, 9.17) is 28.4 Å². The van der Waals surface area contributed by atoms with Crippen LogP contribution in [0.1, 0.15) is 17.3 Å². The smallest absolute Gasteiger partial charge is 0.333 e. The summed E-state index contributed by atoms with van der Waals surface area (Å²) in [6.07, 6.45) is 1.51. The summed E-state index contributed by atoms with van der Waals surface area (Å²) in [6, 6.07) is 5.84. The van der Waals surface area contributed by atoms with Crippen LogP contribution >= 0.6 is 15.9 Å². The molecular weight excluding hydrogens is 510 g/mol. The zero-order valence-corrected chi connectivity index (χ0v) is 20.8. The van der Waals surface area contributed by atoms with Crippen LogP contribution in [0.5, 0.6) is 28.7 Å². The SMILES string of the molecule is C=CC1N(c2cc(OC)c(OC)c(OC)c2)c2cc3c(cc2C(=O)C1(Br)C(=O)OCC)OCO3. The Morgan fingerprint density at radius 3 is 2.29 bits per heavy atom. The molecule has 0 saturated carbocycles. The van der Waals surface area contributed by atoms with E-state index in [1.165, 1.54) is 27.4 Å². The molecule has 180 valence electrons. The molecule has 0 saturated heterocycles. The Hall–Kier alpha value is -3.40. The van der Waals surface area contributed by atoms with E-state index in [2.05, 4.69) is 22.5 Å². The van der Waals surface area contributed by atoms with E-state index >= 15 is 0 Å². The normalized spacial score (nSPS) is 20.4. The van der Waals surface area contributed by atoms with Gasteiger partial charge in [-0.1, -0.05) is 22.0 Å². The van der Waals surface area contributed by atoms with Crippen LogP contribution in [0.15, 0.2) is 36.9 Å². The van der Waals surface area contributed by atoms with Crippen LogP contribution in [-0.2, 0) is 9.53 Å². The van der Waals surface area contributed by atoms with Gasteiger partial charge in [0.05, 0.1) is 39.7 Å². The summed E-state index contributed by atoms with van der Waals surface area (Å²) in [5.41, 5.74) is 1.30. The van der Waals surface area contributed by atoms with E-state index in [-0.39, 0.29) is 19.0 Å². The van der Waals surface area contributed by atoms with Crippen molar-refractivity contribution < 1.29 is 38.0 Å². The quantitative estimate of drug-likeness (QED) is 0.226. The molecule has 2 aliphatic heterocycles. The predicted octanol–water partition coefficient (Wildman–Crippen LogP) is 4.03. The molecule has 2 heterocycles. The number of benzene rings is 2. The van der Waals surface area contributed by atoms with Crippen molar-refractivity contribution in [2.45, 2.75) is 17.3 Å². The molecule has 9 nitrogen and oxygen atoms in total. The Kier molecular flexibility index (Phi) is 6.35. The first-order valence-corrected chi connectivity index (χ1v) is 11.2. The third-order valence-corrected chi connectivity index (χ3v) is 6.89. The van der Waals surface area contributed by atoms with Gasteiger partial charge in [-0.25, -0.2) is 4.79 Å². The highest BCUT2D eigenvalue weighted by Crippen LogP contribution is 2.52. The van der Waals surface area contributed by atoms with Crippen molar-refractivity contribution in [3.05, 3.63) is 42.5 Å². The van der Waals surface area contributed by atoms with Crippen LogP contribution in [0.2, 0.25) is 0 Å². The first kappa shape index (κ1) is 23.7. The Morgan fingerprint density at radius 1 is 1.15 bits per heavy atom. The fourth-order valence-electron chi connectivity index (χ4n) is 4.19. The second kappa shape index (κ2) is 9.09. The average molecular weight is 534 g/mol. The molecule has 0 aromatic heterocycles. The number of fused-ring (bicyclic) bond motifs is 2. The minimum atomic E-state index is -1.77. The van der Waals surface area contributed by atoms with Gasteiger partial charge in [-0.3, -0.25) is 4.79 Å². The largest absolute Gasteiger partial charge is 0.493 e. The molecule has 0 bridgehead atoms. The molecular formula is C24H24BrNO8. The van der Waals surface area contributed by atoms with Gasteiger partial charge in [-0.2, -0.15) is 0 Å². The van der Waals surface area contributed by atoms with Crippen molar-refractivity contribution in [1.82, 2.24) is 0 Å². The van der Waals surface area contributed by atoms with Gasteiger partial charge in [-0.05, 0) is 13.0 Å². The number of ether oxygens (including phenoxy) is 6. The standard InChI is InChI=1S/C24H24BrNO8/c1-6-20-24(25,23(28)32-7-2)22(27)14-10-16-17(34-12-33-16)11-15(14)26(20)13-8-18(29-3)21(31-5)19(9-13)30-4/h6,8-11,20H,1,7,12H2,2-5H3. The number of hydrogen-bond acceptors (Lipinski definition) is 9. The van der Waals surface area contributed by atoms with Crippen LogP contribution < -0.4 is 28.6 Å². The Morgan fingerprint density at radius 2 is 1.76 bits per heavy atom. The molecule has 0 amide bonds. The molecule has 2 aromatic carbocycles. The van der Waals surface area contributed by atoms with Crippen LogP contribution in [0, 0.1) is 0 Å². The summed E-state index contributed by atoms with van der Waals surface area (Å²) in [5, 5.41) is 0.